The summed E-state index contributed by atoms with van der Waals surface area (Å²) in [6.45, 7) is 4.17. The number of amides is 2. The minimum Gasteiger partial charge on any atom is -0.373 e. The summed E-state index contributed by atoms with van der Waals surface area (Å²) in [5, 5.41) is 0. The molecule has 1 fully saturated rings. The highest BCUT2D eigenvalue weighted by Gasteiger charge is 2.32. The molecule has 1 aliphatic heterocycles. The van der Waals surface area contributed by atoms with Crippen LogP contribution in [0.1, 0.15) is 63.6 Å². The van der Waals surface area contributed by atoms with E-state index in [1.54, 1.807) is 0 Å². The van der Waals surface area contributed by atoms with E-state index in [0.717, 1.165) is 25.7 Å². The van der Waals surface area contributed by atoms with Crippen molar-refractivity contribution in [1.82, 2.24) is 15.2 Å². The van der Waals surface area contributed by atoms with Gasteiger partial charge in [0.2, 0.25) is 10.0 Å². The van der Waals surface area contributed by atoms with Gasteiger partial charge in [0.15, 0.2) is 0 Å². The van der Waals surface area contributed by atoms with E-state index in [2.05, 4.69) is 10.9 Å². The summed E-state index contributed by atoms with van der Waals surface area (Å²) < 4.78 is 33.2. The summed E-state index contributed by atoms with van der Waals surface area (Å²) >= 11 is 1.47. The fourth-order valence-electron chi connectivity index (χ4n) is 4.30. The molecule has 2 N–H and O–H groups in total. The molecule has 0 saturated carbocycles. The van der Waals surface area contributed by atoms with Crippen LogP contribution in [0.4, 0.5) is 0 Å². The second-order valence-electron chi connectivity index (χ2n) is 8.64. The maximum atomic E-state index is 13.1. The summed E-state index contributed by atoms with van der Waals surface area (Å²) in [4.78, 5) is 27.0. The van der Waals surface area contributed by atoms with E-state index in [-0.39, 0.29) is 41.7 Å². The zero-order valence-electron chi connectivity index (χ0n) is 18.8. The lowest BCUT2D eigenvalue weighted by atomic mass is 10.1. The van der Waals surface area contributed by atoms with Gasteiger partial charge in [-0.2, -0.15) is 4.31 Å². The van der Waals surface area contributed by atoms with Gasteiger partial charge in [0.05, 0.1) is 22.0 Å². The van der Waals surface area contributed by atoms with Gasteiger partial charge in [-0.05, 0) is 69.4 Å². The average molecular weight is 492 g/mol. The Kier molecular flexibility index (Phi) is 7.18. The third-order valence-electron chi connectivity index (χ3n) is 5.88. The van der Waals surface area contributed by atoms with Gasteiger partial charge in [-0.15, -0.1) is 11.3 Å². The monoisotopic (exact) mass is 491 g/mol. The summed E-state index contributed by atoms with van der Waals surface area (Å²) in [6, 6.07) is 7.74. The number of rotatable bonds is 4. The van der Waals surface area contributed by atoms with Crippen LogP contribution in [0.25, 0.3) is 0 Å². The molecule has 0 radical (unpaired) electrons. The fraction of sp³-hybridized carbons (Fsp3) is 0.478. The number of nitrogens with zero attached hydrogens (tertiary/aromatic N) is 1. The molecule has 178 valence electrons. The van der Waals surface area contributed by atoms with Crippen molar-refractivity contribution in [2.24, 2.45) is 0 Å². The fourth-order valence-corrected chi connectivity index (χ4v) is 7.09. The molecular formula is C23H29N3O5S2. The van der Waals surface area contributed by atoms with Gasteiger partial charge in [-0.25, -0.2) is 8.42 Å². The molecule has 33 heavy (non-hydrogen) atoms. The first-order valence-electron chi connectivity index (χ1n) is 11.2. The molecule has 2 amide bonds. The Balaban J connectivity index is 1.42. The second kappa shape index (κ2) is 9.92. The van der Waals surface area contributed by atoms with Crippen LogP contribution in [0, 0.1) is 0 Å². The molecule has 10 heteroatoms. The van der Waals surface area contributed by atoms with Gasteiger partial charge in [0.1, 0.15) is 0 Å². The van der Waals surface area contributed by atoms with Crippen LogP contribution in [0.15, 0.2) is 35.2 Å². The van der Waals surface area contributed by atoms with Gasteiger partial charge < -0.3 is 4.74 Å². The second-order valence-corrected chi connectivity index (χ2v) is 11.7. The lowest BCUT2D eigenvalue weighted by Crippen LogP contribution is -2.48. The number of aryl methyl sites for hydroxylation is 2. The first kappa shape index (κ1) is 23.9. The van der Waals surface area contributed by atoms with E-state index in [1.807, 2.05) is 19.9 Å². The molecular weight excluding hydrogens is 462 g/mol. The Morgan fingerprint density at radius 2 is 1.70 bits per heavy atom. The van der Waals surface area contributed by atoms with Crippen molar-refractivity contribution < 1.29 is 22.7 Å². The van der Waals surface area contributed by atoms with Crippen molar-refractivity contribution in [1.29, 1.82) is 0 Å². The molecule has 2 unspecified atom stereocenters. The number of carbonyl (C=O) groups excluding carboxylic acids is 2. The van der Waals surface area contributed by atoms with Crippen molar-refractivity contribution in [2.45, 2.75) is 63.1 Å². The number of sulfonamides is 1. The normalized spacial score (nSPS) is 21.6. The summed E-state index contributed by atoms with van der Waals surface area (Å²) in [5.41, 5.74) is 6.22. The van der Waals surface area contributed by atoms with E-state index < -0.39 is 15.9 Å². The molecule has 2 aromatic rings. The van der Waals surface area contributed by atoms with Crippen LogP contribution < -0.4 is 10.9 Å². The van der Waals surface area contributed by atoms with Gasteiger partial charge >= 0.3 is 0 Å². The maximum absolute atomic E-state index is 13.1. The first-order valence-corrected chi connectivity index (χ1v) is 13.5. The predicted molar refractivity (Wildman–Crippen MR) is 126 cm³/mol. The van der Waals surface area contributed by atoms with Crippen LogP contribution in [-0.4, -0.2) is 49.8 Å². The number of benzene rings is 1. The largest absolute Gasteiger partial charge is 0.373 e. The quantitative estimate of drug-likeness (QED) is 0.506. The number of ether oxygens (including phenoxy) is 1. The number of carbonyl (C=O) groups is 2. The molecule has 2 atom stereocenters. The van der Waals surface area contributed by atoms with Crippen molar-refractivity contribution in [2.75, 3.05) is 13.1 Å². The van der Waals surface area contributed by atoms with E-state index in [4.69, 9.17) is 4.74 Å². The standard InChI is InChI=1S/C23H29N3O5S2/c1-15-13-26(14-16(2)31-15)33(29,30)19-9-6-8-18(11-19)22(27)24-25-23(28)21-12-17-7-4-3-5-10-20(17)32-21/h6,8-9,11-12,15-16H,3-5,7,10,13-14H2,1-2H3,(H,24,27)(H,25,28). The smallest absolute Gasteiger partial charge is 0.279 e. The summed E-state index contributed by atoms with van der Waals surface area (Å²) in [6.07, 6.45) is 5.01. The molecule has 2 heterocycles. The van der Waals surface area contributed by atoms with Crippen LogP contribution in [0.3, 0.4) is 0 Å². The molecule has 1 aliphatic carbocycles. The van der Waals surface area contributed by atoms with Crippen LogP contribution >= 0.6 is 11.3 Å². The van der Waals surface area contributed by atoms with Crippen molar-refractivity contribution in [3.05, 3.63) is 51.2 Å². The third-order valence-corrected chi connectivity index (χ3v) is 8.94. The van der Waals surface area contributed by atoms with E-state index in [9.17, 15) is 18.0 Å². The molecule has 8 nitrogen and oxygen atoms in total. The average Bonchev–Trinajstić information content (AvgIpc) is 3.07. The highest BCUT2D eigenvalue weighted by Crippen LogP contribution is 2.29. The SMILES string of the molecule is CC1CN(S(=O)(=O)c2cccc(C(=O)NNC(=O)c3cc4c(s3)CCCCC4)c2)CC(C)O1. The Morgan fingerprint density at radius 1 is 1.00 bits per heavy atom. The summed E-state index contributed by atoms with van der Waals surface area (Å²) in [7, 11) is -3.78. The number of hydrazine groups is 1. The highest BCUT2D eigenvalue weighted by atomic mass is 32.2. The lowest BCUT2D eigenvalue weighted by Gasteiger charge is -2.34. The van der Waals surface area contributed by atoms with Gasteiger partial charge in [0, 0.05) is 23.5 Å². The van der Waals surface area contributed by atoms with Crippen LogP contribution in [0.5, 0.6) is 0 Å². The number of hydrogen-bond acceptors (Lipinski definition) is 6. The Bertz CT molecular complexity index is 1110. The Labute approximate surface area is 198 Å². The molecule has 1 aromatic heterocycles. The van der Waals surface area contributed by atoms with Crippen LogP contribution in [0.2, 0.25) is 0 Å². The lowest BCUT2D eigenvalue weighted by molar-refractivity contribution is -0.0440. The number of hydrogen-bond donors (Lipinski definition) is 2. The topological polar surface area (TPSA) is 105 Å². The van der Waals surface area contributed by atoms with Crippen molar-refractivity contribution >= 4 is 33.2 Å². The minimum atomic E-state index is -3.78. The Morgan fingerprint density at radius 3 is 2.45 bits per heavy atom. The summed E-state index contributed by atoms with van der Waals surface area (Å²) in [5.74, 6) is -0.955. The number of morpholine rings is 1. The number of fused-ring (bicyclic) bond motifs is 1. The molecule has 1 aromatic carbocycles. The number of nitrogens with one attached hydrogen (secondary N) is 2. The van der Waals surface area contributed by atoms with Crippen LogP contribution in [-0.2, 0) is 27.6 Å². The zero-order chi connectivity index (χ0) is 23.6. The predicted octanol–water partition coefficient (Wildman–Crippen LogP) is 2.89. The maximum Gasteiger partial charge on any atom is 0.279 e. The third kappa shape index (κ3) is 5.46. The molecule has 0 spiro atoms. The molecule has 0 bridgehead atoms. The Hall–Kier alpha value is -2.27. The van der Waals surface area contributed by atoms with E-state index in [0.29, 0.717) is 4.88 Å². The minimum absolute atomic E-state index is 0.0322. The zero-order valence-corrected chi connectivity index (χ0v) is 20.4. The van der Waals surface area contributed by atoms with Gasteiger partial charge in [0.25, 0.3) is 11.8 Å². The van der Waals surface area contributed by atoms with Gasteiger partial charge in [-0.3, -0.25) is 20.4 Å². The van der Waals surface area contributed by atoms with Gasteiger partial charge in [-0.1, -0.05) is 12.5 Å². The van der Waals surface area contributed by atoms with Crippen molar-refractivity contribution in [3.63, 3.8) is 0 Å². The number of thiophene rings is 1. The van der Waals surface area contributed by atoms with Crippen molar-refractivity contribution in [3.8, 4) is 0 Å². The molecule has 1 saturated heterocycles. The molecule has 4 rings (SSSR count). The van der Waals surface area contributed by atoms with E-state index in [1.165, 1.54) is 56.8 Å². The first-order chi connectivity index (χ1) is 15.7. The molecule has 2 aliphatic rings. The highest BCUT2D eigenvalue weighted by molar-refractivity contribution is 7.89. The van der Waals surface area contributed by atoms with E-state index >= 15 is 0 Å².